The minimum Gasteiger partial charge on any atom is -0.265 e. The van der Waals surface area contributed by atoms with E-state index in [0.717, 1.165) is 12.1 Å². The third-order valence-electron chi connectivity index (χ3n) is 3.81. The molecule has 0 saturated carbocycles. The quantitative estimate of drug-likeness (QED) is 0.577. The molecule has 3 heteroatoms. The lowest BCUT2D eigenvalue weighted by Gasteiger charge is -2.01. The number of hydrogen-bond acceptors (Lipinski definition) is 3. The van der Waals surface area contributed by atoms with E-state index in [-0.39, 0.29) is 0 Å². The van der Waals surface area contributed by atoms with E-state index in [0.29, 0.717) is 11.8 Å². The number of hydrogen-bond donors (Lipinski definition) is 0. The maximum absolute atomic E-state index is 4.10. The summed E-state index contributed by atoms with van der Waals surface area (Å²) >= 11 is 0. The first-order chi connectivity index (χ1) is 12.5. The molecule has 3 aromatic rings. The number of aryl methyl sites for hydroxylation is 1. The molecule has 26 heavy (non-hydrogen) atoms. The molecule has 3 heterocycles. The van der Waals surface area contributed by atoms with Gasteiger partial charge in [-0.25, -0.2) is 0 Å². The highest BCUT2D eigenvalue weighted by molar-refractivity contribution is 5.13. The monoisotopic (exact) mass is 349 g/mol. The molecule has 0 N–H and O–H groups in total. The van der Waals surface area contributed by atoms with Crippen LogP contribution in [0, 0.1) is 0 Å². The van der Waals surface area contributed by atoms with E-state index in [9.17, 15) is 0 Å². The van der Waals surface area contributed by atoms with Gasteiger partial charge in [-0.2, -0.15) is 0 Å². The molecule has 0 aromatic carbocycles. The molecule has 138 valence electrons. The fraction of sp³-hybridized carbons (Fsp3) is 0.348. The van der Waals surface area contributed by atoms with Gasteiger partial charge in [-0.3, -0.25) is 15.0 Å². The van der Waals surface area contributed by atoms with E-state index >= 15 is 0 Å². The second-order valence-electron chi connectivity index (χ2n) is 6.55. The molecule has 0 unspecified atom stereocenters. The molecule has 3 aromatic heterocycles. The zero-order chi connectivity index (χ0) is 19.2. The van der Waals surface area contributed by atoms with Crippen molar-refractivity contribution in [3.63, 3.8) is 0 Å². The van der Waals surface area contributed by atoms with E-state index in [1.165, 1.54) is 11.1 Å². The second-order valence-corrected chi connectivity index (χ2v) is 6.55. The molecule has 3 nitrogen and oxygen atoms in total. The summed E-state index contributed by atoms with van der Waals surface area (Å²) in [5.41, 5.74) is 3.81. The Morgan fingerprint density at radius 3 is 1.73 bits per heavy atom. The van der Waals surface area contributed by atoms with Crippen molar-refractivity contribution in [2.45, 2.75) is 52.9 Å². The van der Waals surface area contributed by atoms with E-state index in [1.807, 2.05) is 61.2 Å². The van der Waals surface area contributed by atoms with Gasteiger partial charge in [-0.05, 0) is 59.7 Å². The highest BCUT2D eigenvalue weighted by Crippen LogP contribution is 2.11. The van der Waals surface area contributed by atoms with Gasteiger partial charge in [0.05, 0.1) is 0 Å². The van der Waals surface area contributed by atoms with Gasteiger partial charge in [-0.15, -0.1) is 0 Å². The maximum atomic E-state index is 4.10. The lowest BCUT2D eigenvalue weighted by atomic mass is 10.1. The molecule has 0 spiro atoms. The summed E-state index contributed by atoms with van der Waals surface area (Å²) in [6.07, 6.45) is 10.2. The number of pyridine rings is 3. The summed E-state index contributed by atoms with van der Waals surface area (Å²) in [7, 11) is 0. The smallest absolute Gasteiger partial charge is 0.0400 e. The van der Waals surface area contributed by atoms with Gasteiger partial charge in [0.25, 0.3) is 0 Å². The van der Waals surface area contributed by atoms with Crippen molar-refractivity contribution in [2.24, 2.45) is 0 Å². The normalized spacial score (nSPS) is 9.81. The zero-order valence-corrected chi connectivity index (χ0v) is 16.6. The van der Waals surface area contributed by atoms with Crippen molar-refractivity contribution in [1.82, 2.24) is 15.0 Å². The number of rotatable bonds is 3. The van der Waals surface area contributed by atoms with Gasteiger partial charge >= 0.3 is 0 Å². The Morgan fingerprint density at radius 2 is 1.38 bits per heavy atom. The molecule has 0 aliphatic rings. The zero-order valence-electron chi connectivity index (χ0n) is 16.6. The van der Waals surface area contributed by atoms with Crippen LogP contribution >= 0.6 is 0 Å². The van der Waals surface area contributed by atoms with E-state index in [2.05, 4.69) is 55.6 Å². The Bertz CT molecular complexity index is 637. The van der Waals surface area contributed by atoms with Crippen molar-refractivity contribution in [1.29, 1.82) is 0 Å². The molecule has 0 bridgehead atoms. The fourth-order valence-corrected chi connectivity index (χ4v) is 2.07. The van der Waals surface area contributed by atoms with Gasteiger partial charge in [0.15, 0.2) is 0 Å². The average Bonchev–Trinajstić information content (AvgIpc) is 2.71. The Morgan fingerprint density at radius 1 is 0.692 bits per heavy atom. The van der Waals surface area contributed by atoms with Crippen LogP contribution in [0.3, 0.4) is 0 Å². The molecule has 0 fully saturated rings. The van der Waals surface area contributed by atoms with Crippen LogP contribution in [0.1, 0.15) is 63.3 Å². The fourth-order valence-electron chi connectivity index (χ4n) is 2.07. The summed E-state index contributed by atoms with van der Waals surface area (Å²) < 4.78 is 0. The predicted octanol–water partition coefficient (Wildman–Crippen LogP) is 6.05. The number of nitrogens with zero attached hydrogens (tertiary/aromatic N) is 3. The predicted molar refractivity (Wildman–Crippen MR) is 110 cm³/mol. The van der Waals surface area contributed by atoms with Gasteiger partial charge < -0.3 is 0 Å². The van der Waals surface area contributed by atoms with Crippen LogP contribution in [0.4, 0.5) is 0 Å². The molecule has 0 aliphatic heterocycles. The van der Waals surface area contributed by atoms with Crippen LogP contribution in [-0.2, 0) is 6.42 Å². The van der Waals surface area contributed by atoms with Gasteiger partial charge in [0.2, 0.25) is 0 Å². The summed E-state index contributed by atoms with van der Waals surface area (Å²) in [6.45, 7) is 10.8. The molecule has 0 saturated heterocycles. The molecular formula is C23H31N3. The van der Waals surface area contributed by atoms with Crippen LogP contribution in [0.15, 0.2) is 73.4 Å². The number of aromatic nitrogens is 3. The first-order valence-electron chi connectivity index (χ1n) is 9.24. The lowest BCUT2D eigenvalue weighted by molar-refractivity contribution is 0.858. The Labute approximate surface area is 158 Å². The maximum Gasteiger partial charge on any atom is 0.0400 e. The van der Waals surface area contributed by atoms with Crippen LogP contribution < -0.4 is 0 Å². The van der Waals surface area contributed by atoms with Crippen molar-refractivity contribution in [2.75, 3.05) is 0 Å². The molecular weight excluding hydrogens is 318 g/mol. The van der Waals surface area contributed by atoms with Gasteiger partial charge in [0.1, 0.15) is 0 Å². The molecule has 0 atom stereocenters. The van der Waals surface area contributed by atoms with Crippen LogP contribution in [0.25, 0.3) is 0 Å². The van der Waals surface area contributed by atoms with Gasteiger partial charge in [-0.1, -0.05) is 46.8 Å². The molecule has 0 amide bonds. The van der Waals surface area contributed by atoms with E-state index < -0.39 is 0 Å². The lowest BCUT2D eigenvalue weighted by Crippen LogP contribution is -1.85. The Hall–Kier alpha value is -2.55. The average molecular weight is 350 g/mol. The van der Waals surface area contributed by atoms with E-state index in [4.69, 9.17) is 0 Å². The van der Waals surface area contributed by atoms with Crippen LogP contribution in [-0.4, -0.2) is 15.0 Å². The summed E-state index contributed by atoms with van der Waals surface area (Å²) in [5, 5.41) is 0. The largest absolute Gasteiger partial charge is 0.265 e. The van der Waals surface area contributed by atoms with Gasteiger partial charge in [0, 0.05) is 36.7 Å². The van der Waals surface area contributed by atoms with Crippen LogP contribution in [0.5, 0.6) is 0 Å². The Kier molecular flexibility index (Phi) is 10.5. The topological polar surface area (TPSA) is 38.7 Å². The standard InChI is InChI=1S/2C8H11N.C7H9N/c1-7(2)8-3-5-9-6-4-8;1-7(2)8-4-3-5-9-6-8;1-2-7-5-3-4-6-8-7/h2*3-7H,1-2H3;3-6H,2H2,1H3. The molecule has 0 radical (unpaired) electrons. The molecule has 0 aliphatic carbocycles. The molecule has 3 rings (SSSR count). The minimum atomic E-state index is 0.596. The van der Waals surface area contributed by atoms with Crippen molar-refractivity contribution in [3.05, 3.63) is 90.3 Å². The summed E-state index contributed by atoms with van der Waals surface area (Å²) in [4.78, 5) is 12.0. The SMILES string of the molecule is CC(C)c1cccnc1.CC(C)c1ccncc1.CCc1ccccn1. The van der Waals surface area contributed by atoms with Crippen molar-refractivity contribution >= 4 is 0 Å². The second kappa shape index (κ2) is 12.8. The van der Waals surface area contributed by atoms with Crippen LogP contribution in [0.2, 0.25) is 0 Å². The first-order valence-corrected chi connectivity index (χ1v) is 9.24. The summed E-state index contributed by atoms with van der Waals surface area (Å²) in [5.74, 6) is 1.21. The van der Waals surface area contributed by atoms with Crippen molar-refractivity contribution < 1.29 is 0 Å². The minimum absolute atomic E-state index is 0.596. The Balaban J connectivity index is 0.000000195. The summed E-state index contributed by atoms with van der Waals surface area (Å²) in [6, 6.07) is 14.1. The van der Waals surface area contributed by atoms with Crippen molar-refractivity contribution in [3.8, 4) is 0 Å². The third kappa shape index (κ3) is 9.07. The van der Waals surface area contributed by atoms with E-state index in [1.54, 1.807) is 6.20 Å². The third-order valence-corrected chi connectivity index (χ3v) is 3.81. The highest BCUT2D eigenvalue weighted by atomic mass is 14.7. The highest BCUT2D eigenvalue weighted by Gasteiger charge is 1.95. The first kappa shape index (κ1) is 21.5.